The van der Waals surface area contributed by atoms with E-state index in [1.165, 1.54) is 36.4 Å². The Balaban J connectivity index is 2.02. The molecule has 25 heavy (non-hydrogen) atoms. The third kappa shape index (κ3) is 4.98. The van der Waals surface area contributed by atoms with Crippen LogP contribution in [0.1, 0.15) is 21.5 Å². The summed E-state index contributed by atoms with van der Waals surface area (Å²) in [4.78, 5) is 12.2. The highest BCUT2D eigenvalue weighted by Crippen LogP contribution is 2.12. The van der Waals surface area contributed by atoms with Gasteiger partial charge in [0.05, 0.1) is 4.90 Å². The summed E-state index contributed by atoms with van der Waals surface area (Å²) in [5, 5.41) is 2.71. The molecule has 0 aliphatic heterocycles. The molecule has 132 valence electrons. The first kappa shape index (κ1) is 18.8. The van der Waals surface area contributed by atoms with Crippen molar-refractivity contribution in [3.05, 3.63) is 77.6 Å². The monoisotopic (exact) mass is 362 g/mol. The number of halogens is 1. The molecule has 2 N–H and O–H groups in total. The van der Waals surface area contributed by atoms with Crippen molar-refractivity contribution in [1.29, 1.82) is 0 Å². The van der Waals surface area contributed by atoms with Crippen molar-refractivity contribution >= 4 is 15.9 Å². The molecule has 2 aromatic carbocycles. The van der Waals surface area contributed by atoms with E-state index in [9.17, 15) is 17.6 Å². The molecule has 0 aromatic heterocycles. The minimum Gasteiger partial charge on any atom is -0.348 e. The van der Waals surface area contributed by atoms with Crippen molar-refractivity contribution in [2.24, 2.45) is 0 Å². The van der Waals surface area contributed by atoms with E-state index in [-0.39, 0.29) is 29.7 Å². The number of nitrogens with one attached hydrogen (secondary N) is 2. The van der Waals surface area contributed by atoms with Crippen LogP contribution in [0.2, 0.25) is 0 Å². The fraction of sp³-hybridized carbons (Fsp3) is 0.167. The van der Waals surface area contributed by atoms with E-state index in [1.807, 2.05) is 0 Å². The van der Waals surface area contributed by atoms with Gasteiger partial charge in [-0.15, -0.1) is 6.58 Å². The van der Waals surface area contributed by atoms with Crippen molar-refractivity contribution in [3.63, 3.8) is 0 Å². The number of rotatable bonds is 7. The number of carbonyl (C=O) groups excluding carboxylic acids is 1. The fourth-order valence-corrected chi connectivity index (χ4v) is 3.14. The molecule has 5 nitrogen and oxygen atoms in total. The van der Waals surface area contributed by atoms with Gasteiger partial charge in [0, 0.05) is 18.7 Å². The molecule has 7 heteroatoms. The number of benzene rings is 2. The lowest BCUT2D eigenvalue weighted by Crippen LogP contribution is -2.24. The van der Waals surface area contributed by atoms with Crippen molar-refractivity contribution in [2.75, 3.05) is 6.54 Å². The van der Waals surface area contributed by atoms with Gasteiger partial charge in [-0.3, -0.25) is 4.79 Å². The van der Waals surface area contributed by atoms with Gasteiger partial charge in [0.2, 0.25) is 10.0 Å². The first-order valence-corrected chi connectivity index (χ1v) is 9.05. The van der Waals surface area contributed by atoms with E-state index in [2.05, 4.69) is 16.6 Å². The van der Waals surface area contributed by atoms with Crippen LogP contribution in [0.25, 0.3) is 0 Å². The van der Waals surface area contributed by atoms with E-state index in [1.54, 1.807) is 19.1 Å². The summed E-state index contributed by atoms with van der Waals surface area (Å²) in [6.07, 6.45) is 1.44. The van der Waals surface area contributed by atoms with Crippen LogP contribution in [0.15, 0.2) is 60.0 Å². The van der Waals surface area contributed by atoms with Crippen LogP contribution in [0.3, 0.4) is 0 Å². The highest BCUT2D eigenvalue weighted by molar-refractivity contribution is 7.89. The van der Waals surface area contributed by atoms with Crippen LogP contribution in [0.5, 0.6) is 0 Å². The van der Waals surface area contributed by atoms with Crippen molar-refractivity contribution in [1.82, 2.24) is 10.0 Å². The summed E-state index contributed by atoms with van der Waals surface area (Å²) < 4.78 is 39.5. The number of sulfonamides is 1. The third-order valence-electron chi connectivity index (χ3n) is 3.52. The Kier molecular flexibility index (Phi) is 6.06. The maximum atomic E-state index is 13.2. The molecular weight excluding hydrogens is 343 g/mol. The summed E-state index contributed by atoms with van der Waals surface area (Å²) in [6.45, 7) is 5.48. The second-order valence-electron chi connectivity index (χ2n) is 5.43. The Hall–Kier alpha value is -2.51. The lowest BCUT2D eigenvalue weighted by atomic mass is 10.1. The number of amides is 1. The molecule has 0 saturated heterocycles. The lowest BCUT2D eigenvalue weighted by Gasteiger charge is -2.08. The predicted octanol–water partition coefficient (Wildman–Crippen LogP) is 2.53. The summed E-state index contributed by atoms with van der Waals surface area (Å²) in [5.74, 6) is -0.637. The van der Waals surface area contributed by atoms with Gasteiger partial charge in [-0.25, -0.2) is 17.5 Å². The molecule has 0 bridgehead atoms. The zero-order chi connectivity index (χ0) is 18.4. The van der Waals surface area contributed by atoms with E-state index in [0.717, 1.165) is 5.56 Å². The van der Waals surface area contributed by atoms with Gasteiger partial charge in [-0.2, -0.15) is 0 Å². The topological polar surface area (TPSA) is 75.3 Å². The summed E-state index contributed by atoms with van der Waals surface area (Å²) >= 11 is 0. The van der Waals surface area contributed by atoms with Crippen molar-refractivity contribution in [2.45, 2.75) is 18.4 Å². The zero-order valence-electron chi connectivity index (χ0n) is 13.8. The molecule has 0 aliphatic carbocycles. The quantitative estimate of drug-likeness (QED) is 0.743. The van der Waals surface area contributed by atoms with Crippen LogP contribution in [0.4, 0.5) is 4.39 Å². The molecule has 0 saturated carbocycles. The van der Waals surface area contributed by atoms with Crippen molar-refractivity contribution in [3.8, 4) is 0 Å². The number of aryl methyl sites for hydroxylation is 1. The molecule has 0 spiro atoms. The molecule has 0 radical (unpaired) electrons. The largest absolute Gasteiger partial charge is 0.348 e. The molecule has 2 rings (SSSR count). The summed E-state index contributed by atoms with van der Waals surface area (Å²) in [5.41, 5.74) is 1.62. The van der Waals surface area contributed by atoms with Gasteiger partial charge in [0.15, 0.2) is 0 Å². The standard InChI is InChI=1S/C18H19FN2O3S/c1-3-10-21-25(23,24)16-7-5-15(6-8-16)18(22)20-12-14-4-9-17(19)13(2)11-14/h3-9,11,21H,1,10,12H2,2H3,(H,20,22). The predicted molar refractivity (Wildman–Crippen MR) is 94.1 cm³/mol. The van der Waals surface area contributed by atoms with Crippen LogP contribution >= 0.6 is 0 Å². The SMILES string of the molecule is C=CCNS(=O)(=O)c1ccc(C(=O)NCc2ccc(F)c(C)c2)cc1. The van der Waals surface area contributed by atoms with Gasteiger partial charge < -0.3 is 5.32 Å². The van der Waals surface area contributed by atoms with E-state index in [4.69, 9.17) is 0 Å². The Labute approximate surface area is 146 Å². The maximum absolute atomic E-state index is 13.2. The summed E-state index contributed by atoms with van der Waals surface area (Å²) in [6, 6.07) is 10.2. The highest BCUT2D eigenvalue weighted by atomic mass is 32.2. The van der Waals surface area contributed by atoms with Crippen LogP contribution < -0.4 is 10.0 Å². The first-order chi connectivity index (χ1) is 11.8. The molecule has 0 fully saturated rings. The Morgan fingerprint density at radius 1 is 1.20 bits per heavy atom. The van der Waals surface area contributed by atoms with Gasteiger partial charge in [0.25, 0.3) is 5.91 Å². The normalized spacial score (nSPS) is 11.1. The molecular formula is C18H19FN2O3S. The minimum absolute atomic E-state index is 0.0695. The number of hydrogen-bond acceptors (Lipinski definition) is 3. The van der Waals surface area contributed by atoms with Crippen LogP contribution in [-0.2, 0) is 16.6 Å². The molecule has 0 unspecified atom stereocenters. The molecule has 1 amide bonds. The van der Waals surface area contributed by atoms with Crippen LogP contribution in [-0.4, -0.2) is 20.9 Å². The third-order valence-corrected chi connectivity index (χ3v) is 4.96. The second kappa shape index (κ2) is 8.04. The Morgan fingerprint density at radius 3 is 2.48 bits per heavy atom. The molecule has 0 atom stereocenters. The minimum atomic E-state index is -3.62. The average molecular weight is 362 g/mol. The van der Waals surface area contributed by atoms with E-state index < -0.39 is 10.0 Å². The Morgan fingerprint density at radius 2 is 1.88 bits per heavy atom. The molecule has 0 heterocycles. The van der Waals surface area contributed by atoms with E-state index in [0.29, 0.717) is 11.1 Å². The van der Waals surface area contributed by atoms with Crippen LogP contribution in [0, 0.1) is 12.7 Å². The van der Waals surface area contributed by atoms with Gasteiger partial charge in [0.1, 0.15) is 5.82 Å². The first-order valence-electron chi connectivity index (χ1n) is 7.57. The van der Waals surface area contributed by atoms with Gasteiger partial charge >= 0.3 is 0 Å². The van der Waals surface area contributed by atoms with Gasteiger partial charge in [-0.1, -0.05) is 18.2 Å². The molecule has 0 aliphatic rings. The zero-order valence-corrected chi connectivity index (χ0v) is 14.6. The smallest absolute Gasteiger partial charge is 0.251 e. The molecule has 2 aromatic rings. The highest BCUT2D eigenvalue weighted by Gasteiger charge is 2.14. The lowest BCUT2D eigenvalue weighted by molar-refractivity contribution is 0.0951. The summed E-state index contributed by atoms with van der Waals surface area (Å²) in [7, 11) is -3.62. The number of carbonyl (C=O) groups is 1. The van der Waals surface area contributed by atoms with Crippen molar-refractivity contribution < 1.29 is 17.6 Å². The van der Waals surface area contributed by atoms with E-state index >= 15 is 0 Å². The second-order valence-corrected chi connectivity index (χ2v) is 7.20. The Bertz CT molecular complexity index is 878. The fourth-order valence-electron chi connectivity index (χ4n) is 2.14. The maximum Gasteiger partial charge on any atom is 0.251 e. The average Bonchev–Trinajstić information content (AvgIpc) is 2.61. The number of hydrogen-bond donors (Lipinski definition) is 2. The van der Waals surface area contributed by atoms with Gasteiger partial charge in [-0.05, 0) is 48.4 Å².